The molecule has 0 saturated carbocycles. The molecule has 51 heavy (non-hydrogen) atoms. The number of rotatable bonds is 9. The van der Waals surface area contributed by atoms with Crippen LogP contribution < -0.4 is 25.1 Å². The molecule has 0 saturated heterocycles. The number of ether oxygens (including phenoxy) is 4. The zero-order chi connectivity index (χ0) is 36.1. The molecule has 6 rings (SSSR count). The number of pyridine rings is 3. The summed E-state index contributed by atoms with van der Waals surface area (Å²) in [5.74, 6) is 1.54. The van der Waals surface area contributed by atoms with Crippen LogP contribution in [-0.2, 0) is 11.3 Å². The first-order chi connectivity index (χ1) is 24.5. The molecule has 1 atom stereocenters. The number of aromatic nitrogens is 3. The van der Waals surface area contributed by atoms with Crippen LogP contribution in [0.1, 0.15) is 54.6 Å². The van der Waals surface area contributed by atoms with Crippen molar-refractivity contribution in [1.29, 1.82) is 0 Å². The summed E-state index contributed by atoms with van der Waals surface area (Å²) in [4.78, 5) is 50.3. The zero-order valence-electron chi connectivity index (χ0n) is 29.1. The largest absolute Gasteiger partial charge is 0.493 e. The van der Waals surface area contributed by atoms with Gasteiger partial charge >= 0.3 is 6.09 Å². The third-order valence-corrected chi connectivity index (χ3v) is 8.20. The van der Waals surface area contributed by atoms with Gasteiger partial charge in [0.1, 0.15) is 28.5 Å². The average molecular weight is 690 g/mol. The highest BCUT2D eigenvalue weighted by atomic mass is 16.6. The van der Waals surface area contributed by atoms with Crippen molar-refractivity contribution in [3.05, 3.63) is 125 Å². The molecule has 0 spiro atoms. The quantitative estimate of drug-likeness (QED) is 0.171. The molecule has 262 valence electrons. The first-order valence-electron chi connectivity index (χ1n) is 16.4. The minimum atomic E-state index is -0.614. The summed E-state index contributed by atoms with van der Waals surface area (Å²) >= 11 is 0. The van der Waals surface area contributed by atoms with E-state index in [1.807, 2.05) is 57.2 Å². The van der Waals surface area contributed by atoms with E-state index in [1.54, 1.807) is 73.8 Å². The highest BCUT2D eigenvalue weighted by molar-refractivity contribution is 6.03. The van der Waals surface area contributed by atoms with Gasteiger partial charge in [-0.3, -0.25) is 19.5 Å². The van der Waals surface area contributed by atoms with Gasteiger partial charge in [0.15, 0.2) is 11.5 Å². The van der Waals surface area contributed by atoms with Crippen molar-refractivity contribution in [2.75, 3.05) is 26.1 Å². The number of carbonyl (C=O) groups is 2. The number of nitrogens with one attached hydrogen (secondary N) is 1. The Morgan fingerprint density at radius 2 is 1.71 bits per heavy atom. The van der Waals surface area contributed by atoms with E-state index in [9.17, 15) is 14.4 Å². The predicted octanol–water partition coefficient (Wildman–Crippen LogP) is 7.14. The fourth-order valence-electron chi connectivity index (χ4n) is 5.69. The number of hydrogen-bond acceptors (Lipinski definition) is 9. The minimum absolute atomic E-state index is 0.0267. The standard InChI is InChI=1S/C39H39N5O7/c1-39(2,3)51-38(47)43-17-14-26(15-18-43)27-19-30(37(46)44(24-27)23-25-9-7-6-8-10-25)36(45)42-35-12-11-28(22-41-35)50-32-13-16-40-31-21-34(49-5)33(48-4)20-29(31)32/h6-14,16-17,19-22,24,26H,15,18,23H2,1-5H3,(H,41,42,45). The van der Waals surface area contributed by atoms with E-state index in [4.69, 9.17) is 18.9 Å². The van der Waals surface area contributed by atoms with E-state index in [1.165, 1.54) is 11.1 Å². The number of carbonyl (C=O) groups excluding carboxylic acids is 2. The monoisotopic (exact) mass is 689 g/mol. The highest BCUT2D eigenvalue weighted by Gasteiger charge is 2.26. The molecule has 0 radical (unpaired) electrons. The summed E-state index contributed by atoms with van der Waals surface area (Å²) in [6.07, 6.45) is 8.63. The predicted molar refractivity (Wildman–Crippen MR) is 193 cm³/mol. The maximum atomic E-state index is 13.7. The molecule has 1 aliphatic rings. The van der Waals surface area contributed by atoms with Crippen LogP contribution in [-0.4, -0.2) is 57.8 Å². The van der Waals surface area contributed by atoms with Crippen LogP contribution >= 0.6 is 0 Å². The molecule has 0 fully saturated rings. The molecule has 1 unspecified atom stereocenters. The highest BCUT2D eigenvalue weighted by Crippen LogP contribution is 2.37. The minimum Gasteiger partial charge on any atom is -0.493 e. The van der Waals surface area contributed by atoms with E-state index in [0.717, 1.165) is 11.1 Å². The molecule has 12 nitrogen and oxygen atoms in total. The van der Waals surface area contributed by atoms with Crippen LogP contribution in [0.5, 0.6) is 23.0 Å². The van der Waals surface area contributed by atoms with Gasteiger partial charge in [0, 0.05) is 42.5 Å². The molecule has 12 heteroatoms. The van der Waals surface area contributed by atoms with Gasteiger partial charge in [-0.25, -0.2) is 9.78 Å². The Labute approximate surface area is 295 Å². The van der Waals surface area contributed by atoms with Crippen molar-refractivity contribution in [3.8, 4) is 23.0 Å². The van der Waals surface area contributed by atoms with Crippen LogP contribution in [0.4, 0.5) is 10.6 Å². The SMILES string of the molecule is COc1cc2nccc(Oc3ccc(NC(=O)c4cc(C5C=CN(C(=O)OC(C)(C)C)CC5)cn(Cc5ccccc5)c4=O)nc3)c2cc1OC. The smallest absolute Gasteiger partial charge is 0.414 e. The lowest BCUT2D eigenvalue weighted by molar-refractivity contribution is 0.0324. The van der Waals surface area contributed by atoms with Crippen molar-refractivity contribution >= 4 is 28.7 Å². The summed E-state index contributed by atoms with van der Waals surface area (Å²) in [6.45, 7) is 6.16. The Hall–Kier alpha value is -6.17. The molecule has 0 bridgehead atoms. The summed E-state index contributed by atoms with van der Waals surface area (Å²) in [5, 5.41) is 3.48. The Morgan fingerprint density at radius 3 is 2.37 bits per heavy atom. The molecule has 1 aliphatic heterocycles. The van der Waals surface area contributed by atoms with E-state index >= 15 is 0 Å². The molecule has 4 heterocycles. The van der Waals surface area contributed by atoms with Gasteiger partial charge in [0.2, 0.25) is 0 Å². The summed E-state index contributed by atoms with van der Waals surface area (Å²) < 4.78 is 24.0. The summed E-state index contributed by atoms with van der Waals surface area (Å²) in [6, 6.07) is 19.7. The Balaban J connectivity index is 1.23. The number of allylic oxidation sites excluding steroid dienone is 1. The molecular weight excluding hydrogens is 650 g/mol. The normalized spacial score (nSPS) is 14.2. The van der Waals surface area contributed by atoms with Crippen LogP contribution in [0.3, 0.4) is 0 Å². The van der Waals surface area contributed by atoms with Gasteiger partial charge in [-0.2, -0.15) is 0 Å². The van der Waals surface area contributed by atoms with Crippen molar-refractivity contribution in [1.82, 2.24) is 19.4 Å². The van der Waals surface area contributed by atoms with Gasteiger partial charge in [-0.05, 0) is 68.7 Å². The number of anilines is 1. The molecule has 2 amide bonds. The number of hydrogen-bond donors (Lipinski definition) is 1. The molecular formula is C39H39N5O7. The van der Waals surface area contributed by atoms with Gasteiger partial charge in [-0.1, -0.05) is 36.4 Å². The van der Waals surface area contributed by atoms with Crippen LogP contribution in [0, 0.1) is 0 Å². The second-order valence-corrected chi connectivity index (χ2v) is 13.0. The van der Waals surface area contributed by atoms with Gasteiger partial charge < -0.3 is 28.8 Å². The molecule has 5 aromatic rings. The lowest BCUT2D eigenvalue weighted by Gasteiger charge is -2.29. The third kappa shape index (κ3) is 8.18. The summed E-state index contributed by atoms with van der Waals surface area (Å²) in [7, 11) is 3.12. The van der Waals surface area contributed by atoms with Crippen molar-refractivity contribution in [2.24, 2.45) is 0 Å². The second-order valence-electron chi connectivity index (χ2n) is 13.0. The van der Waals surface area contributed by atoms with E-state index in [2.05, 4.69) is 15.3 Å². The Bertz CT molecular complexity index is 2140. The Morgan fingerprint density at radius 1 is 0.941 bits per heavy atom. The number of nitrogens with zero attached hydrogens (tertiary/aromatic N) is 4. The first kappa shape index (κ1) is 34.7. The average Bonchev–Trinajstić information content (AvgIpc) is 3.12. The van der Waals surface area contributed by atoms with Crippen LogP contribution in [0.25, 0.3) is 10.9 Å². The van der Waals surface area contributed by atoms with E-state index in [-0.39, 0.29) is 23.8 Å². The third-order valence-electron chi connectivity index (χ3n) is 8.20. The molecule has 0 aliphatic carbocycles. The van der Waals surface area contributed by atoms with Crippen molar-refractivity contribution < 1.29 is 28.5 Å². The Kier molecular flexibility index (Phi) is 10.0. The number of amides is 2. The van der Waals surface area contributed by atoms with Crippen LogP contribution in [0.2, 0.25) is 0 Å². The molecule has 1 N–H and O–H groups in total. The van der Waals surface area contributed by atoms with Gasteiger partial charge in [0.05, 0.1) is 32.5 Å². The maximum Gasteiger partial charge on any atom is 0.414 e. The van der Waals surface area contributed by atoms with Crippen LogP contribution in [0.15, 0.2) is 102 Å². The van der Waals surface area contributed by atoms with E-state index in [0.29, 0.717) is 46.9 Å². The van der Waals surface area contributed by atoms with Crippen molar-refractivity contribution in [2.45, 2.75) is 45.3 Å². The number of methoxy groups -OCH3 is 2. The molecule has 2 aromatic carbocycles. The summed E-state index contributed by atoms with van der Waals surface area (Å²) in [5.41, 5.74) is 1.26. The van der Waals surface area contributed by atoms with Gasteiger partial charge in [0.25, 0.3) is 11.5 Å². The van der Waals surface area contributed by atoms with E-state index < -0.39 is 23.2 Å². The maximum absolute atomic E-state index is 13.7. The topological polar surface area (TPSA) is 134 Å². The lowest BCUT2D eigenvalue weighted by atomic mass is 9.93. The first-order valence-corrected chi connectivity index (χ1v) is 16.4. The van der Waals surface area contributed by atoms with Gasteiger partial charge in [-0.15, -0.1) is 0 Å². The number of benzene rings is 2. The zero-order valence-corrected chi connectivity index (χ0v) is 29.1. The molecule has 3 aromatic heterocycles. The fraction of sp³-hybridized carbons (Fsp3) is 0.256. The second kappa shape index (κ2) is 14.8. The fourth-order valence-corrected chi connectivity index (χ4v) is 5.69. The van der Waals surface area contributed by atoms with Crippen molar-refractivity contribution in [3.63, 3.8) is 0 Å². The number of fused-ring (bicyclic) bond motifs is 1. The lowest BCUT2D eigenvalue weighted by Crippen LogP contribution is -2.36.